The zero-order valence-corrected chi connectivity index (χ0v) is 13.4. The third kappa shape index (κ3) is 2.81. The van der Waals surface area contributed by atoms with Crippen LogP contribution in [0.25, 0.3) is 6.08 Å². The van der Waals surface area contributed by atoms with Crippen LogP contribution in [0.4, 0.5) is 0 Å². The number of ketones is 2. The Morgan fingerprint density at radius 1 is 1.41 bits per heavy atom. The lowest BCUT2D eigenvalue weighted by Gasteiger charge is -2.49. The Balaban J connectivity index is 1.69. The van der Waals surface area contributed by atoms with Crippen molar-refractivity contribution in [1.82, 2.24) is 0 Å². The monoisotopic (exact) mass is 300 g/mol. The number of rotatable bonds is 3. The molecule has 0 unspecified atom stereocenters. The molecule has 1 heterocycles. The van der Waals surface area contributed by atoms with E-state index >= 15 is 0 Å². The molecular weight excluding hydrogens is 276 g/mol. The molecule has 4 atom stereocenters. The molecule has 0 aliphatic heterocycles. The van der Waals surface area contributed by atoms with Gasteiger partial charge in [-0.1, -0.05) is 13.8 Å². The normalized spacial score (nSPS) is 35.5. The van der Waals surface area contributed by atoms with Gasteiger partial charge < -0.3 is 4.42 Å². The van der Waals surface area contributed by atoms with Crippen molar-refractivity contribution < 1.29 is 14.0 Å². The summed E-state index contributed by atoms with van der Waals surface area (Å²) < 4.78 is 5.22. The first-order chi connectivity index (χ1) is 10.5. The molecule has 2 aliphatic carbocycles. The van der Waals surface area contributed by atoms with Crippen LogP contribution in [-0.4, -0.2) is 11.6 Å². The van der Waals surface area contributed by atoms with Gasteiger partial charge in [-0.2, -0.15) is 0 Å². The second kappa shape index (κ2) is 5.86. The summed E-state index contributed by atoms with van der Waals surface area (Å²) in [6, 6.07) is 3.65. The molecule has 0 aromatic carbocycles. The lowest BCUT2D eigenvalue weighted by molar-refractivity contribution is -0.136. The Bertz CT molecular complexity index is 584. The number of hydrogen-bond donors (Lipinski definition) is 0. The molecule has 2 saturated carbocycles. The predicted octanol–water partition coefficient (Wildman–Crippen LogP) is 4.28. The maximum Gasteiger partial charge on any atom is 0.158 e. The summed E-state index contributed by atoms with van der Waals surface area (Å²) in [4.78, 5) is 24.5. The second-order valence-corrected chi connectivity index (χ2v) is 7.24. The van der Waals surface area contributed by atoms with Crippen LogP contribution < -0.4 is 0 Å². The van der Waals surface area contributed by atoms with E-state index < -0.39 is 0 Å². The summed E-state index contributed by atoms with van der Waals surface area (Å²) in [6.07, 6.45) is 9.54. The second-order valence-electron chi connectivity index (χ2n) is 7.24. The van der Waals surface area contributed by atoms with Gasteiger partial charge in [0.15, 0.2) is 5.78 Å². The van der Waals surface area contributed by atoms with Crippen molar-refractivity contribution in [3.63, 3.8) is 0 Å². The standard InChI is InChI=1S/C19H24O3/c1-13-16-12-14(7-9-19(16,2)10-8-17(13)20)18(21)6-5-15-4-3-11-22-15/h3-6,11,13-14,16H,7-10,12H2,1-2H3/t13-,14+,16-,19-/m0/s1. The Morgan fingerprint density at radius 3 is 2.95 bits per heavy atom. The zero-order valence-electron chi connectivity index (χ0n) is 13.4. The third-order valence-corrected chi connectivity index (χ3v) is 5.91. The molecule has 1 aromatic rings. The fourth-order valence-corrected chi connectivity index (χ4v) is 4.32. The first kappa shape index (κ1) is 15.3. The van der Waals surface area contributed by atoms with Gasteiger partial charge in [-0.25, -0.2) is 0 Å². The fourth-order valence-electron chi connectivity index (χ4n) is 4.32. The maximum absolute atomic E-state index is 12.4. The molecule has 3 rings (SSSR count). The minimum absolute atomic E-state index is 0.0534. The van der Waals surface area contributed by atoms with E-state index in [0.29, 0.717) is 23.9 Å². The number of allylic oxidation sites excluding steroid dienone is 1. The third-order valence-electron chi connectivity index (χ3n) is 5.91. The van der Waals surface area contributed by atoms with Gasteiger partial charge in [-0.15, -0.1) is 0 Å². The molecule has 0 N–H and O–H groups in total. The van der Waals surface area contributed by atoms with E-state index in [0.717, 1.165) is 25.7 Å². The SMILES string of the molecule is C[C@@H]1C(=O)CC[C@]2(C)CC[C@@H](C(=O)C=Cc3ccco3)C[C@@H]12. The van der Waals surface area contributed by atoms with Crippen LogP contribution in [0.15, 0.2) is 28.9 Å². The van der Waals surface area contributed by atoms with Gasteiger partial charge in [0.05, 0.1) is 6.26 Å². The molecule has 3 nitrogen and oxygen atoms in total. The topological polar surface area (TPSA) is 47.3 Å². The van der Waals surface area contributed by atoms with Crippen molar-refractivity contribution in [1.29, 1.82) is 0 Å². The van der Waals surface area contributed by atoms with E-state index in [1.165, 1.54) is 0 Å². The van der Waals surface area contributed by atoms with E-state index in [-0.39, 0.29) is 23.0 Å². The van der Waals surface area contributed by atoms with Gasteiger partial charge >= 0.3 is 0 Å². The van der Waals surface area contributed by atoms with Crippen LogP contribution in [0, 0.1) is 23.2 Å². The van der Waals surface area contributed by atoms with Crippen molar-refractivity contribution in [2.24, 2.45) is 23.2 Å². The highest BCUT2D eigenvalue weighted by Gasteiger charge is 2.48. The molecule has 2 fully saturated rings. The molecule has 0 radical (unpaired) electrons. The number of carbonyl (C=O) groups is 2. The molecule has 0 bridgehead atoms. The molecular formula is C19H24O3. The van der Waals surface area contributed by atoms with Crippen molar-refractivity contribution in [3.8, 4) is 0 Å². The van der Waals surface area contributed by atoms with Gasteiger partial charge in [0.25, 0.3) is 0 Å². The molecule has 0 spiro atoms. The van der Waals surface area contributed by atoms with Crippen molar-refractivity contribution in [2.75, 3.05) is 0 Å². The molecule has 1 aromatic heterocycles. The highest BCUT2D eigenvalue weighted by molar-refractivity contribution is 5.95. The first-order valence-corrected chi connectivity index (χ1v) is 8.28. The van der Waals surface area contributed by atoms with Crippen LogP contribution in [0.1, 0.15) is 51.7 Å². The van der Waals surface area contributed by atoms with Gasteiger partial charge in [0, 0.05) is 18.3 Å². The van der Waals surface area contributed by atoms with Crippen LogP contribution in [0.2, 0.25) is 0 Å². The average Bonchev–Trinajstić information content (AvgIpc) is 3.02. The summed E-state index contributed by atoms with van der Waals surface area (Å²) in [5, 5.41) is 0. The summed E-state index contributed by atoms with van der Waals surface area (Å²) in [5.41, 5.74) is 0.245. The minimum atomic E-state index is 0.0534. The van der Waals surface area contributed by atoms with Crippen LogP contribution >= 0.6 is 0 Å². The Morgan fingerprint density at radius 2 is 2.23 bits per heavy atom. The minimum Gasteiger partial charge on any atom is -0.465 e. The van der Waals surface area contributed by atoms with Crippen LogP contribution in [0.5, 0.6) is 0 Å². The largest absolute Gasteiger partial charge is 0.465 e. The summed E-state index contributed by atoms with van der Waals surface area (Å²) in [5.74, 6) is 1.76. The van der Waals surface area contributed by atoms with E-state index in [4.69, 9.17) is 4.42 Å². The molecule has 118 valence electrons. The number of fused-ring (bicyclic) bond motifs is 1. The number of furan rings is 1. The first-order valence-electron chi connectivity index (χ1n) is 8.28. The summed E-state index contributed by atoms with van der Waals surface area (Å²) in [6.45, 7) is 4.36. The molecule has 3 heteroatoms. The van der Waals surface area contributed by atoms with Crippen molar-refractivity contribution in [3.05, 3.63) is 30.2 Å². The van der Waals surface area contributed by atoms with E-state index in [9.17, 15) is 9.59 Å². The quantitative estimate of drug-likeness (QED) is 0.783. The van der Waals surface area contributed by atoms with E-state index in [1.54, 1.807) is 18.4 Å². The molecule has 2 aliphatic rings. The van der Waals surface area contributed by atoms with Gasteiger partial charge in [0.2, 0.25) is 0 Å². The summed E-state index contributed by atoms with van der Waals surface area (Å²) >= 11 is 0. The lowest BCUT2D eigenvalue weighted by atomic mass is 9.54. The molecule has 0 amide bonds. The van der Waals surface area contributed by atoms with Crippen LogP contribution in [0.3, 0.4) is 0 Å². The maximum atomic E-state index is 12.4. The van der Waals surface area contributed by atoms with Crippen molar-refractivity contribution >= 4 is 17.6 Å². The fraction of sp³-hybridized carbons (Fsp3) is 0.579. The zero-order chi connectivity index (χ0) is 15.7. The predicted molar refractivity (Wildman–Crippen MR) is 85.1 cm³/mol. The Kier molecular flexibility index (Phi) is 4.07. The smallest absolute Gasteiger partial charge is 0.158 e. The average molecular weight is 300 g/mol. The van der Waals surface area contributed by atoms with Gasteiger partial charge in [-0.3, -0.25) is 9.59 Å². The highest BCUT2D eigenvalue weighted by Crippen LogP contribution is 2.53. The van der Waals surface area contributed by atoms with E-state index in [2.05, 4.69) is 13.8 Å². The summed E-state index contributed by atoms with van der Waals surface area (Å²) in [7, 11) is 0. The highest BCUT2D eigenvalue weighted by atomic mass is 16.3. The molecule has 22 heavy (non-hydrogen) atoms. The Hall–Kier alpha value is -1.64. The molecule has 0 saturated heterocycles. The van der Waals surface area contributed by atoms with E-state index in [1.807, 2.05) is 12.1 Å². The van der Waals surface area contributed by atoms with Gasteiger partial charge in [-0.05, 0) is 61.3 Å². The van der Waals surface area contributed by atoms with Crippen molar-refractivity contribution in [2.45, 2.75) is 46.0 Å². The van der Waals surface area contributed by atoms with Gasteiger partial charge in [0.1, 0.15) is 11.5 Å². The number of Topliss-reactive ketones (excluding diaryl/α,β-unsaturated/α-hetero) is 1. The van der Waals surface area contributed by atoms with Crippen LogP contribution in [-0.2, 0) is 9.59 Å². The Labute approximate surface area is 131 Å². The number of carbonyl (C=O) groups excluding carboxylic acids is 2. The lowest BCUT2D eigenvalue weighted by Crippen LogP contribution is -2.45. The number of hydrogen-bond acceptors (Lipinski definition) is 3.